The van der Waals surface area contributed by atoms with E-state index in [1.54, 1.807) is 17.0 Å². The van der Waals surface area contributed by atoms with Crippen molar-refractivity contribution >= 4 is 15.7 Å². The highest BCUT2D eigenvalue weighted by Gasteiger charge is 2.40. The molecule has 1 aromatic rings. The lowest BCUT2D eigenvalue weighted by Gasteiger charge is -2.39. The van der Waals surface area contributed by atoms with E-state index >= 15 is 0 Å². The van der Waals surface area contributed by atoms with E-state index in [9.17, 15) is 13.2 Å². The molecule has 0 aliphatic carbocycles. The van der Waals surface area contributed by atoms with Crippen molar-refractivity contribution in [3.8, 4) is 0 Å². The molecule has 0 spiro atoms. The molecule has 1 saturated heterocycles. The predicted octanol–water partition coefficient (Wildman–Crippen LogP) is 1.06. The van der Waals surface area contributed by atoms with Crippen LogP contribution in [0.3, 0.4) is 0 Å². The Balaban J connectivity index is 1.93. The molecule has 0 atom stereocenters. The first-order valence-electron chi connectivity index (χ1n) is 5.93. The summed E-state index contributed by atoms with van der Waals surface area (Å²) in [6.45, 7) is 4.24. The number of hydrogen-bond acceptors (Lipinski definition) is 4. The molecule has 1 aliphatic rings. The molecule has 6 heteroatoms. The molecule has 1 aromatic heterocycles. The predicted molar refractivity (Wildman–Crippen MR) is 66.5 cm³/mol. The van der Waals surface area contributed by atoms with Crippen LogP contribution in [0.15, 0.2) is 22.8 Å². The van der Waals surface area contributed by atoms with E-state index in [2.05, 4.69) is 0 Å². The summed E-state index contributed by atoms with van der Waals surface area (Å²) in [4.78, 5) is 13.2. The Labute approximate surface area is 107 Å². The van der Waals surface area contributed by atoms with Crippen molar-refractivity contribution in [1.82, 2.24) is 4.90 Å². The average molecular weight is 271 g/mol. The molecule has 0 N–H and O–H groups in total. The SMILES string of the molecule is CC(C)C(=O)N1CC(S(=O)(=O)Cc2ccco2)C1. The Morgan fingerprint density at radius 2 is 2.17 bits per heavy atom. The molecule has 18 heavy (non-hydrogen) atoms. The van der Waals surface area contributed by atoms with Gasteiger partial charge in [-0.25, -0.2) is 8.42 Å². The van der Waals surface area contributed by atoms with E-state index in [1.807, 2.05) is 13.8 Å². The zero-order valence-electron chi connectivity index (χ0n) is 10.5. The Morgan fingerprint density at radius 1 is 1.50 bits per heavy atom. The standard InChI is InChI=1S/C12H17NO4S/c1-9(2)12(14)13-6-11(7-13)18(15,16)8-10-4-3-5-17-10/h3-5,9,11H,6-8H2,1-2H3. The molecular weight excluding hydrogens is 254 g/mol. The number of furan rings is 1. The summed E-state index contributed by atoms with van der Waals surface area (Å²) in [6, 6.07) is 3.31. The number of likely N-dealkylation sites (tertiary alicyclic amines) is 1. The van der Waals surface area contributed by atoms with Crippen LogP contribution in [0.2, 0.25) is 0 Å². The average Bonchev–Trinajstić information content (AvgIpc) is 2.66. The second kappa shape index (κ2) is 4.76. The third-order valence-corrected chi connectivity index (χ3v) is 5.09. The van der Waals surface area contributed by atoms with E-state index in [4.69, 9.17) is 4.42 Å². The number of sulfone groups is 1. The van der Waals surface area contributed by atoms with Gasteiger partial charge >= 0.3 is 0 Å². The van der Waals surface area contributed by atoms with Gasteiger partial charge in [-0.05, 0) is 12.1 Å². The van der Waals surface area contributed by atoms with Crippen LogP contribution >= 0.6 is 0 Å². The first kappa shape index (κ1) is 13.1. The van der Waals surface area contributed by atoms with Gasteiger partial charge in [0, 0.05) is 19.0 Å². The normalized spacial score (nSPS) is 16.9. The highest BCUT2D eigenvalue weighted by atomic mass is 32.2. The monoisotopic (exact) mass is 271 g/mol. The molecule has 0 saturated carbocycles. The van der Waals surface area contributed by atoms with Crippen molar-refractivity contribution in [2.75, 3.05) is 13.1 Å². The summed E-state index contributed by atoms with van der Waals surface area (Å²) in [5.41, 5.74) is 0. The van der Waals surface area contributed by atoms with E-state index in [1.165, 1.54) is 6.26 Å². The number of hydrogen-bond donors (Lipinski definition) is 0. The molecule has 1 aliphatic heterocycles. The van der Waals surface area contributed by atoms with Crippen molar-refractivity contribution in [2.45, 2.75) is 24.9 Å². The summed E-state index contributed by atoms with van der Waals surface area (Å²) in [5, 5.41) is -0.453. The van der Waals surface area contributed by atoms with Crippen molar-refractivity contribution in [2.24, 2.45) is 5.92 Å². The summed E-state index contributed by atoms with van der Waals surface area (Å²) in [5.74, 6) is 0.288. The van der Waals surface area contributed by atoms with Crippen LogP contribution in [-0.4, -0.2) is 37.6 Å². The van der Waals surface area contributed by atoms with Gasteiger partial charge in [0.15, 0.2) is 9.84 Å². The lowest BCUT2D eigenvalue weighted by atomic mass is 10.1. The quantitative estimate of drug-likeness (QED) is 0.821. The number of nitrogens with zero attached hydrogens (tertiary/aromatic N) is 1. The molecule has 1 amide bonds. The second-order valence-electron chi connectivity index (χ2n) is 4.91. The molecule has 2 heterocycles. The maximum Gasteiger partial charge on any atom is 0.225 e. The highest BCUT2D eigenvalue weighted by Crippen LogP contribution is 2.22. The summed E-state index contributed by atoms with van der Waals surface area (Å²) in [6.07, 6.45) is 1.46. The van der Waals surface area contributed by atoms with E-state index in [0.29, 0.717) is 18.8 Å². The van der Waals surface area contributed by atoms with Crippen LogP contribution in [-0.2, 0) is 20.4 Å². The third-order valence-electron chi connectivity index (χ3n) is 3.09. The fourth-order valence-corrected chi connectivity index (χ4v) is 3.53. The van der Waals surface area contributed by atoms with Crippen LogP contribution in [0.5, 0.6) is 0 Å². The number of amides is 1. The summed E-state index contributed by atoms with van der Waals surface area (Å²) in [7, 11) is -3.23. The molecule has 1 fully saturated rings. The number of rotatable bonds is 4. The molecule has 2 rings (SSSR count). The van der Waals surface area contributed by atoms with Crippen LogP contribution in [0.4, 0.5) is 0 Å². The van der Waals surface area contributed by atoms with Gasteiger partial charge in [-0.2, -0.15) is 0 Å². The molecule has 0 unspecified atom stereocenters. The van der Waals surface area contributed by atoms with Gasteiger partial charge in [0.2, 0.25) is 5.91 Å². The van der Waals surface area contributed by atoms with Gasteiger partial charge < -0.3 is 9.32 Å². The Morgan fingerprint density at radius 3 is 2.67 bits per heavy atom. The van der Waals surface area contributed by atoms with Crippen LogP contribution in [0.1, 0.15) is 19.6 Å². The largest absolute Gasteiger partial charge is 0.468 e. The fourth-order valence-electron chi connectivity index (χ4n) is 1.92. The lowest BCUT2D eigenvalue weighted by molar-refractivity contribution is -0.137. The molecule has 5 nitrogen and oxygen atoms in total. The zero-order valence-corrected chi connectivity index (χ0v) is 11.3. The Bertz CT molecular complexity index is 512. The Hall–Kier alpha value is -1.30. The van der Waals surface area contributed by atoms with Crippen LogP contribution in [0, 0.1) is 5.92 Å². The van der Waals surface area contributed by atoms with Crippen LogP contribution < -0.4 is 0 Å². The smallest absolute Gasteiger partial charge is 0.225 e. The molecular formula is C12H17NO4S. The topological polar surface area (TPSA) is 67.6 Å². The number of carbonyl (C=O) groups is 1. The van der Waals surface area contributed by atoms with Gasteiger partial charge in [0.1, 0.15) is 11.5 Å². The summed E-state index contributed by atoms with van der Waals surface area (Å²) >= 11 is 0. The maximum atomic E-state index is 12.0. The van der Waals surface area contributed by atoms with Gasteiger partial charge in [-0.3, -0.25) is 4.79 Å². The minimum Gasteiger partial charge on any atom is -0.468 e. The van der Waals surface area contributed by atoms with E-state index in [0.717, 1.165) is 0 Å². The van der Waals surface area contributed by atoms with Crippen molar-refractivity contribution in [1.29, 1.82) is 0 Å². The maximum absolute atomic E-state index is 12.0. The number of carbonyl (C=O) groups excluding carboxylic acids is 1. The highest BCUT2D eigenvalue weighted by molar-refractivity contribution is 7.91. The first-order chi connectivity index (χ1) is 8.40. The van der Waals surface area contributed by atoms with Crippen molar-refractivity contribution in [3.05, 3.63) is 24.2 Å². The fraction of sp³-hybridized carbons (Fsp3) is 0.583. The molecule has 0 radical (unpaired) electrons. The van der Waals surface area contributed by atoms with E-state index in [-0.39, 0.29) is 17.6 Å². The minimum atomic E-state index is -3.23. The molecule has 100 valence electrons. The summed E-state index contributed by atoms with van der Waals surface area (Å²) < 4.78 is 29.1. The molecule has 0 bridgehead atoms. The lowest BCUT2D eigenvalue weighted by Crippen LogP contribution is -2.58. The van der Waals surface area contributed by atoms with Gasteiger partial charge in [-0.15, -0.1) is 0 Å². The zero-order chi connectivity index (χ0) is 13.3. The molecule has 0 aromatic carbocycles. The third kappa shape index (κ3) is 2.58. The van der Waals surface area contributed by atoms with Gasteiger partial charge in [0.25, 0.3) is 0 Å². The van der Waals surface area contributed by atoms with Crippen molar-refractivity contribution < 1.29 is 17.6 Å². The van der Waals surface area contributed by atoms with Crippen molar-refractivity contribution in [3.63, 3.8) is 0 Å². The van der Waals surface area contributed by atoms with Crippen LogP contribution in [0.25, 0.3) is 0 Å². The van der Waals surface area contributed by atoms with Gasteiger partial charge in [-0.1, -0.05) is 13.8 Å². The van der Waals surface area contributed by atoms with E-state index < -0.39 is 15.1 Å². The van der Waals surface area contributed by atoms with Gasteiger partial charge in [0.05, 0.1) is 11.5 Å². The first-order valence-corrected chi connectivity index (χ1v) is 7.64. The Kier molecular flexibility index (Phi) is 3.47. The second-order valence-corrected chi connectivity index (χ2v) is 7.19. The minimum absolute atomic E-state index is 0.0134.